The Balaban J connectivity index is 0.00000280. The maximum Gasteiger partial charge on any atom is 0.305 e. The van der Waals surface area contributed by atoms with Gasteiger partial charge in [-0.2, -0.15) is 0 Å². The average Bonchev–Trinajstić information content (AvgIpc) is 2.73. The van der Waals surface area contributed by atoms with E-state index in [-0.39, 0.29) is 30.3 Å². The van der Waals surface area contributed by atoms with Crippen LogP contribution in [0, 0.1) is 5.92 Å². The molecule has 156 valence electrons. The normalized spacial score (nSPS) is 22.8. The predicted octanol–water partition coefficient (Wildman–Crippen LogP) is 3.82. The zero-order valence-corrected chi connectivity index (χ0v) is 17.6. The Kier molecular flexibility index (Phi) is 9.26. The SMILES string of the molecule is COC(=O)CC[C@H]1CC[C@@H](NC(=O)c2ccc(C3CCNCC3)cc2)CC1.Cl. The highest BCUT2D eigenvalue weighted by atomic mass is 35.5. The topological polar surface area (TPSA) is 67.4 Å². The first-order valence-corrected chi connectivity index (χ1v) is 10.3. The maximum atomic E-state index is 12.6. The van der Waals surface area contributed by atoms with Crippen LogP contribution in [0.3, 0.4) is 0 Å². The summed E-state index contributed by atoms with van der Waals surface area (Å²) in [6, 6.07) is 8.42. The number of esters is 1. The molecule has 0 aromatic heterocycles. The van der Waals surface area contributed by atoms with E-state index in [4.69, 9.17) is 4.74 Å². The molecule has 3 rings (SSSR count). The quantitative estimate of drug-likeness (QED) is 0.702. The number of ether oxygens (including phenoxy) is 1. The van der Waals surface area contributed by atoms with Crippen molar-refractivity contribution >= 4 is 24.3 Å². The Morgan fingerprint density at radius 2 is 1.68 bits per heavy atom. The van der Waals surface area contributed by atoms with E-state index in [1.54, 1.807) is 0 Å². The summed E-state index contributed by atoms with van der Waals surface area (Å²) in [5, 5.41) is 6.58. The number of halogens is 1. The molecule has 1 saturated heterocycles. The van der Waals surface area contributed by atoms with Crippen molar-refractivity contribution in [3.8, 4) is 0 Å². The lowest BCUT2D eigenvalue weighted by atomic mass is 9.83. The van der Waals surface area contributed by atoms with Gasteiger partial charge in [0.25, 0.3) is 5.91 Å². The Morgan fingerprint density at radius 3 is 2.29 bits per heavy atom. The number of carbonyl (C=O) groups is 2. The van der Waals surface area contributed by atoms with Crippen LogP contribution in [0.1, 0.15) is 73.2 Å². The van der Waals surface area contributed by atoms with Gasteiger partial charge in [-0.1, -0.05) is 12.1 Å². The molecule has 1 aliphatic heterocycles. The molecule has 0 spiro atoms. The number of piperidine rings is 1. The van der Waals surface area contributed by atoms with Crippen LogP contribution in [-0.4, -0.2) is 38.1 Å². The number of benzene rings is 1. The second-order valence-corrected chi connectivity index (χ2v) is 7.95. The molecule has 2 aliphatic rings. The third kappa shape index (κ3) is 6.49. The van der Waals surface area contributed by atoms with Crippen molar-refractivity contribution in [2.24, 2.45) is 5.92 Å². The Labute approximate surface area is 174 Å². The highest BCUT2D eigenvalue weighted by molar-refractivity contribution is 5.94. The van der Waals surface area contributed by atoms with E-state index in [0.717, 1.165) is 50.8 Å². The molecule has 1 heterocycles. The zero-order chi connectivity index (χ0) is 19.1. The molecule has 1 aromatic carbocycles. The Bertz CT molecular complexity index is 621. The highest BCUT2D eigenvalue weighted by Crippen LogP contribution is 2.28. The van der Waals surface area contributed by atoms with Gasteiger partial charge in [0.2, 0.25) is 0 Å². The van der Waals surface area contributed by atoms with Crippen molar-refractivity contribution in [2.75, 3.05) is 20.2 Å². The van der Waals surface area contributed by atoms with E-state index in [1.807, 2.05) is 12.1 Å². The molecule has 1 saturated carbocycles. The fourth-order valence-corrected chi connectivity index (χ4v) is 4.35. The summed E-state index contributed by atoms with van der Waals surface area (Å²) in [6.45, 7) is 2.16. The molecule has 28 heavy (non-hydrogen) atoms. The first-order chi connectivity index (χ1) is 13.2. The van der Waals surface area contributed by atoms with Gasteiger partial charge in [0.1, 0.15) is 0 Å². The highest BCUT2D eigenvalue weighted by Gasteiger charge is 2.23. The number of hydrogen-bond donors (Lipinski definition) is 2. The largest absolute Gasteiger partial charge is 0.469 e. The Morgan fingerprint density at radius 1 is 1.04 bits per heavy atom. The van der Waals surface area contributed by atoms with E-state index in [2.05, 4.69) is 22.8 Å². The first-order valence-electron chi connectivity index (χ1n) is 10.3. The van der Waals surface area contributed by atoms with Crippen molar-refractivity contribution < 1.29 is 14.3 Å². The van der Waals surface area contributed by atoms with Crippen LogP contribution in [0.15, 0.2) is 24.3 Å². The van der Waals surface area contributed by atoms with Crippen LogP contribution in [0.25, 0.3) is 0 Å². The lowest BCUT2D eigenvalue weighted by molar-refractivity contribution is -0.141. The Hall–Kier alpha value is -1.59. The molecule has 2 N–H and O–H groups in total. The van der Waals surface area contributed by atoms with Crippen molar-refractivity contribution in [3.05, 3.63) is 35.4 Å². The fourth-order valence-electron chi connectivity index (χ4n) is 4.35. The van der Waals surface area contributed by atoms with Gasteiger partial charge in [-0.15, -0.1) is 12.4 Å². The van der Waals surface area contributed by atoms with Crippen molar-refractivity contribution in [2.45, 2.75) is 63.3 Å². The monoisotopic (exact) mass is 408 g/mol. The third-order valence-electron chi connectivity index (χ3n) is 6.15. The second-order valence-electron chi connectivity index (χ2n) is 7.95. The summed E-state index contributed by atoms with van der Waals surface area (Å²) in [5.41, 5.74) is 2.10. The third-order valence-corrected chi connectivity index (χ3v) is 6.15. The van der Waals surface area contributed by atoms with Gasteiger partial charge in [-0.3, -0.25) is 9.59 Å². The van der Waals surface area contributed by atoms with Gasteiger partial charge in [-0.05, 0) is 87.6 Å². The van der Waals surface area contributed by atoms with Gasteiger partial charge >= 0.3 is 5.97 Å². The summed E-state index contributed by atoms with van der Waals surface area (Å²) in [7, 11) is 1.44. The summed E-state index contributed by atoms with van der Waals surface area (Å²) in [5.74, 6) is 1.09. The van der Waals surface area contributed by atoms with Gasteiger partial charge < -0.3 is 15.4 Å². The second kappa shape index (κ2) is 11.4. The summed E-state index contributed by atoms with van der Waals surface area (Å²) < 4.78 is 4.71. The molecule has 0 unspecified atom stereocenters. The van der Waals surface area contributed by atoms with Gasteiger partial charge in [0, 0.05) is 18.0 Å². The number of hydrogen-bond acceptors (Lipinski definition) is 4. The summed E-state index contributed by atoms with van der Waals surface area (Å²) >= 11 is 0. The van der Waals surface area contributed by atoms with Gasteiger partial charge in [0.15, 0.2) is 0 Å². The summed E-state index contributed by atoms with van der Waals surface area (Å²) in [4.78, 5) is 23.8. The molecule has 2 fully saturated rings. The van der Waals surface area contributed by atoms with Crippen LogP contribution in [0.2, 0.25) is 0 Å². The van der Waals surface area contributed by atoms with E-state index in [1.165, 1.54) is 25.5 Å². The van der Waals surface area contributed by atoms with Crippen molar-refractivity contribution in [1.29, 1.82) is 0 Å². The van der Waals surface area contributed by atoms with Crippen LogP contribution in [0.5, 0.6) is 0 Å². The molecule has 1 aromatic rings. The molecular formula is C22H33ClN2O3. The maximum absolute atomic E-state index is 12.6. The van der Waals surface area contributed by atoms with Crippen molar-refractivity contribution in [3.63, 3.8) is 0 Å². The number of methoxy groups -OCH3 is 1. The molecule has 5 nitrogen and oxygen atoms in total. The van der Waals surface area contributed by atoms with Crippen LogP contribution in [-0.2, 0) is 9.53 Å². The minimum atomic E-state index is -0.127. The fraction of sp³-hybridized carbons (Fsp3) is 0.636. The number of rotatable bonds is 6. The average molecular weight is 409 g/mol. The first kappa shape index (κ1) is 22.7. The van der Waals surface area contributed by atoms with Crippen LogP contribution in [0.4, 0.5) is 0 Å². The molecule has 1 amide bonds. The molecular weight excluding hydrogens is 376 g/mol. The van der Waals surface area contributed by atoms with E-state index in [0.29, 0.717) is 18.3 Å². The van der Waals surface area contributed by atoms with Crippen LogP contribution >= 0.6 is 12.4 Å². The van der Waals surface area contributed by atoms with Gasteiger partial charge in [0.05, 0.1) is 7.11 Å². The minimum absolute atomic E-state index is 0. The molecule has 1 aliphatic carbocycles. The minimum Gasteiger partial charge on any atom is -0.469 e. The number of nitrogens with one attached hydrogen (secondary N) is 2. The predicted molar refractivity (Wildman–Crippen MR) is 113 cm³/mol. The lowest BCUT2D eigenvalue weighted by Crippen LogP contribution is -2.37. The number of amides is 1. The molecule has 6 heteroatoms. The van der Waals surface area contributed by atoms with Crippen molar-refractivity contribution in [1.82, 2.24) is 10.6 Å². The van der Waals surface area contributed by atoms with E-state index in [9.17, 15) is 9.59 Å². The van der Waals surface area contributed by atoms with Crippen LogP contribution < -0.4 is 10.6 Å². The molecule has 0 radical (unpaired) electrons. The zero-order valence-electron chi connectivity index (χ0n) is 16.7. The smallest absolute Gasteiger partial charge is 0.305 e. The standard InChI is InChI=1S/C22H32N2O3.ClH/c1-27-21(25)11-4-16-2-9-20(10-3-16)24-22(26)19-7-5-17(6-8-19)18-12-14-23-15-13-18;/h5-8,16,18,20,23H,2-4,9-15H2,1H3,(H,24,26);1H/t16-,20+;. The van der Waals surface area contributed by atoms with E-state index < -0.39 is 0 Å². The summed E-state index contributed by atoms with van der Waals surface area (Å²) in [6.07, 6.45) is 7.85. The molecule has 0 bridgehead atoms. The van der Waals surface area contributed by atoms with Gasteiger partial charge in [-0.25, -0.2) is 0 Å². The number of carbonyl (C=O) groups excluding carboxylic acids is 2. The van der Waals surface area contributed by atoms with E-state index >= 15 is 0 Å². The molecule has 0 atom stereocenters. The lowest BCUT2D eigenvalue weighted by Gasteiger charge is -2.29.